The number of hydrogen-bond donors (Lipinski definition) is 1. The normalized spacial score (nSPS) is 14.7. The number of amides is 1. The number of carbonyl (C=O) groups excluding carboxylic acids is 1. The molecule has 8 heteroatoms. The highest BCUT2D eigenvalue weighted by atomic mass is 32.2. The van der Waals surface area contributed by atoms with Gasteiger partial charge in [-0.25, -0.2) is 0 Å². The van der Waals surface area contributed by atoms with Gasteiger partial charge in [0.05, 0.1) is 5.75 Å². The number of piperazine rings is 1. The van der Waals surface area contributed by atoms with E-state index in [4.69, 9.17) is 0 Å². The lowest BCUT2D eigenvalue weighted by atomic mass is 10.2. The third-order valence-corrected chi connectivity index (χ3v) is 4.77. The van der Waals surface area contributed by atoms with Gasteiger partial charge in [-0.1, -0.05) is 30.0 Å². The summed E-state index contributed by atoms with van der Waals surface area (Å²) in [5.74, 6) is 0.301. The number of aromatic nitrogens is 3. The molecular weight excluding hydrogens is 326 g/mol. The van der Waals surface area contributed by atoms with E-state index in [0.29, 0.717) is 23.9 Å². The van der Waals surface area contributed by atoms with Crippen LogP contribution < -0.4 is 10.5 Å². The number of rotatable bonds is 4. The Morgan fingerprint density at radius 1 is 1.17 bits per heavy atom. The second-order valence-corrected chi connectivity index (χ2v) is 6.50. The highest BCUT2D eigenvalue weighted by Crippen LogP contribution is 2.17. The molecule has 1 N–H and O–H groups in total. The topological polar surface area (TPSA) is 82.2 Å². The van der Waals surface area contributed by atoms with E-state index in [1.807, 2.05) is 23.1 Å². The maximum absolute atomic E-state index is 12.3. The van der Waals surface area contributed by atoms with Crippen molar-refractivity contribution in [1.29, 1.82) is 0 Å². The molecule has 7 nitrogen and oxygen atoms in total. The van der Waals surface area contributed by atoms with Gasteiger partial charge in [-0.2, -0.15) is 0 Å². The van der Waals surface area contributed by atoms with E-state index < -0.39 is 0 Å². The monoisotopic (exact) mass is 345 g/mol. The number of para-hydroxylation sites is 1. The van der Waals surface area contributed by atoms with Crippen LogP contribution in [0.2, 0.25) is 0 Å². The molecule has 0 unspecified atom stereocenters. The van der Waals surface area contributed by atoms with Gasteiger partial charge in [0, 0.05) is 31.9 Å². The van der Waals surface area contributed by atoms with E-state index in [0.717, 1.165) is 13.1 Å². The molecule has 1 aliphatic rings. The van der Waals surface area contributed by atoms with Crippen LogP contribution in [0.15, 0.2) is 40.3 Å². The summed E-state index contributed by atoms with van der Waals surface area (Å²) in [7, 11) is 0. The lowest BCUT2D eigenvalue weighted by molar-refractivity contribution is -0.128. The van der Waals surface area contributed by atoms with Crippen molar-refractivity contribution in [2.45, 2.75) is 12.1 Å². The summed E-state index contributed by atoms with van der Waals surface area (Å²) in [4.78, 5) is 30.5. The minimum Gasteiger partial charge on any atom is -0.368 e. The molecule has 2 aromatic rings. The summed E-state index contributed by atoms with van der Waals surface area (Å²) in [5, 5.41) is 8.03. The zero-order chi connectivity index (χ0) is 16.9. The summed E-state index contributed by atoms with van der Waals surface area (Å²) in [6, 6.07) is 10.2. The fourth-order valence-electron chi connectivity index (χ4n) is 2.52. The van der Waals surface area contributed by atoms with Gasteiger partial charge in [0.2, 0.25) is 5.91 Å². The first kappa shape index (κ1) is 16.5. The minimum atomic E-state index is -0.267. The van der Waals surface area contributed by atoms with Crippen LogP contribution in [-0.4, -0.2) is 57.9 Å². The predicted octanol–water partition coefficient (Wildman–Crippen LogP) is 0.914. The molecule has 1 aromatic carbocycles. The Kier molecular flexibility index (Phi) is 5.14. The Bertz CT molecular complexity index is 757. The van der Waals surface area contributed by atoms with Gasteiger partial charge < -0.3 is 9.80 Å². The van der Waals surface area contributed by atoms with Crippen LogP contribution >= 0.6 is 11.8 Å². The fourth-order valence-corrected chi connectivity index (χ4v) is 3.22. The SMILES string of the molecule is Cc1nnc(SCC(=O)N2CCN(c3ccccc3)CC2)[nH]c1=O. The second kappa shape index (κ2) is 7.48. The van der Waals surface area contributed by atoms with Crippen LogP contribution in [0.3, 0.4) is 0 Å². The molecule has 3 rings (SSSR count). The van der Waals surface area contributed by atoms with Crippen LogP contribution in [0.4, 0.5) is 5.69 Å². The molecule has 0 radical (unpaired) electrons. The molecule has 0 atom stereocenters. The van der Waals surface area contributed by atoms with E-state index in [9.17, 15) is 9.59 Å². The maximum atomic E-state index is 12.3. The fraction of sp³-hybridized carbons (Fsp3) is 0.375. The van der Waals surface area contributed by atoms with Crippen LogP contribution in [0.1, 0.15) is 5.69 Å². The minimum absolute atomic E-state index is 0.0518. The highest BCUT2D eigenvalue weighted by Gasteiger charge is 2.21. The average Bonchev–Trinajstić information content (AvgIpc) is 2.63. The highest BCUT2D eigenvalue weighted by molar-refractivity contribution is 7.99. The molecule has 0 bridgehead atoms. The lowest BCUT2D eigenvalue weighted by Gasteiger charge is -2.36. The Morgan fingerprint density at radius 2 is 1.88 bits per heavy atom. The standard InChI is InChI=1S/C16H19N5O2S/c1-12-15(23)17-16(19-18-12)24-11-14(22)21-9-7-20(8-10-21)13-5-3-2-4-6-13/h2-6H,7-11H2,1H3,(H,17,19,23). The molecule has 1 aromatic heterocycles. The number of hydrogen-bond acceptors (Lipinski definition) is 6. The molecule has 0 saturated carbocycles. The molecule has 126 valence electrons. The van der Waals surface area contributed by atoms with Gasteiger partial charge >= 0.3 is 0 Å². The van der Waals surface area contributed by atoms with Crippen molar-refractivity contribution in [2.75, 3.05) is 36.8 Å². The predicted molar refractivity (Wildman–Crippen MR) is 93.3 cm³/mol. The van der Waals surface area contributed by atoms with Crippen molar-refractivity contribution in [3.05, 3.63) is 46.4 Å². The number of carbonyl (C=O) groups is 1. The van der Waals surface area contributed by atoms with Gasteiger partial charge in [-0.05, 0) is 19.1 Å². The van der Waals surface area contributed by atoms with E-state index in [1.165, 1.54) is 17.4 Å². The van der Waals surface area contributed by atoms with Crippen molar-refractivity contribution < 1.29 is 4.79 Å². The van der Waals surface area contributed by atoms with Crippen molar-refractivity contribution in [1.82, 2.24) is 20.1 Å². The first-order valence-electron chi connectivity index (χ1n) is 7.77. The van der Waals surface area contributed by atoms with E-state index in [1.54, 1.807) is 6.92 Å². The van der Waals surface area contributed by atoms with Gasteiger partial charge in [0.15, 0.2) is 5.16 Å². The van der Waals surface area contributed by atoms with Gasteiger partial charge in [0.25, 0.3) is 5.56 Å². The van der Waals surface area contributed by atoms with Crippen LogP contribution in [-0.2, 0) is 4.79 Å². The first-order chi connectivity index (χ1) is 11.6. The number of H-pyrrole nitrogens is 1. The quantitative estimate of drug-likeness (QED) is 0.830. The van der Waals surface area contributed by atoms with Gasteiger partial charge in [-0.3, -0.25) is 14.6 Å². The Hall–Kier alpha value is -2.35. The second-order valence-electron chi connectivity index (χ2n) is 5.54. The van der Waals surface area contributed by atoms with Crippen LogP contribution in [0.5, 0.6) is 0 Å². The molecule has 0 aliphatic carbocycles. The van der Waals surface area contributed by atoms with E-state index in [-0.39, 0.29) is 17.2 Å². The Morgan fingerprint density at radius 3 is 2.54 bits per heavy atom. The number of thioether (sulfide) groups is 1. The summed E-state index contributed by atoms with van der Waals surface area (Å²) >= 11 is 1.21. The maximum Gasteiger partial charge on any atom is 0.273 e. The lowest BCUT2D eigenvalue weighted by Crippen LogP contribution is -2.49. The molecule has 2 heterocycles. The molecule has 1 saturated heterocycles. The number of benzene rings is 1. The molecule has 1 amide bonds. The van der Waals surface area contributed by atoms with Crippen molar-refractivity contribution >= 4 is 23.4 Å². The summed E-state index contributed by atoms with van der Waals surface area (Å²) in [6.07, 6.45) is 0. The number of anilines is 1. The Labute approximate surface area is 144 Å². The summed E-state index contributed by atoms with van der Waals surface area (Å²) < 4.78 is 0. The van der Waals surface area contributed by atoms with Crippen molar-refractivity contribution in [2.24, 2.45) is 0 Å². The van der Waals surface area contributed by atoms with Crippen molar-refractivity contribution in [3.8, 4) is 0 Å². The summed E-state index contributed by atoms with van der Waals surface area (Å²) in [5.41, 5.74) is 1.24. The zero-order valence-corrected chi connectivity index (χ0v) is 14.3. The number of aryl methyl sites for hydroxylation is 1. The number of nitrogens with one attached hydrogen (secondary N) is 1. The average molecular weight is 345 g/mol. The molecule has 24 heavy (non-hydrogen) atoms. The smallest absolute Gasteiger partial charge is 0.273 e. The molecular formula is C16H19N5O2S. The third-order valence-electron chi connectivity index (χ3n) is 3.93. The molecule has 1 fully saturated rings. The zero-order valence-electron chi connectivity index (χ0n) is 13.4. The van der Waals surface area contributed by atoms with Crippen LogP contribution in [0, 0.1) is 6.92 Å². The number of aromatic amines is 1. The van der Waals surface area contributed by atoms with Crippen molar-refractivity contribution in [3.63, 3.8) is 0 Å². The van der Waals surface area contributed by atoms with Gasteiger partial charge in [-0.15, -0.1) is 10.2 Å². The largest absolute Gasteiger partial charge is 0.368 e. The van der Waals surface area contributed by atoms with E-state index >= 15 is 0 Å². The van der Waals surface area contributed by atoms with Crippen LogP contribution in [0.25, 0.3) is 0 Å². The molecule has 0 spiro atoms. The third kappa shape index (κ3) is 3.94. The molecule has 1 aliphatic heterocycles. The van der Waals surface area contributed by atoms with E-state index in [2.05, 4.69) is 32.2 Å². The van der Waals surface area contributed by atoms with Gasteiger partial charge in [0.1, 0.15) is 5.69 Å². The number of nitrogens with zero attached hydrogens (tertiary/aromatic N) is 4. The first-order valence-corrected chi connectivity index (χ1v) is 8.76. The summed E-state index contributed by atoms with van der Waals surface area (Å²) in [6.45, 7) is 4.63. The Balaban J connectivity index is 1.50.